The summed E-state index contributed by atoms with van der Waals surface area (Å²) in [5, 5.41) is 12.5. The molecule has 0 saturated heterocycles. The van der Waals surface area contributed by atoms with E-state index in [2.05, 4.69) is 24.1 Å². The van der Waals surface area contributed by atoms with Gasteiger partial charge in [0.15, 0.2) is 5.60 Å². The van der Waals surface area contributed by atoms with Gasteiger partial charge in [0.1, 0.15) is 11.6 Å². The van der Waals surface area contributed by atoms with E-state index in [0.717, 1.165) is 30.6 Å². The number of nitrogens with zero attached hydrogens (tertiary/aromatic N) is 1. The van der Waals surface area contributed by atoms with Gasteiger partial charge in [-0.1, -0.05) is 45.2 Å². The molecule has 2 aromatic rings. The molecule has 0 radical (unpaired) electrons. The molecule has 1 fully saturated rings. The van der Waals surface area contributed by atoms with Crippen LogP contribution in [0.15, 0.2) is 36.4 Å². The zero-order valence-corrected chi connectivity index (χ0v) is 22.1. The van der Waals surface area contributed by atoms with Gasteiger partial charge in [0.05, 0.1) is 17.8 Å². The molecule has 1 amide bonds. The third kappa shape index (κ3) is 7.21. The highest BCUT2D eigenvalue weighted by atomic mass is 19.1. The van der Waals surface area contributed by atoms with Crippen molar-refractivity contribution in [2.45, 2.75) is 84.8 Å². The molecular weight excluding hydrogens is 459 g/mol. The summed E-state index contributed by atoms with van der Waals surface area (Å²) in [7, 11) is 0. The lowest BCUT2D eigenvalue weighted by atomic mass is 9.93. The number of anilines is 2. The van der Waals surface area contributed by atoms with Crippen LogP contribution < -0.4 is 15.0 Å². The minimum absolute atomic E-state index is 0.106. The number of aryl methyl sites for hydroxylation is 1. The molecule has 3 rings (SSSR count). The summed E-state index contributed by atoms with van der Waals surface area (Å²) in [6, 6.07) is 10.5. The van der Waals surface area contributed by atoms with Crippen LogP contribution in [-0.4, -0.2) is 35.2 Å². The van der Waals surface area contributed by atoms with Gasteiger partial charge in [0, 0.05) is 18.7 Å². The van der Waals surface area contributed by atoms with Crippen LogP contribution in [0.2, 0.25) is 0 Å². The number of carboxylic acid groups (broad SMARTS) is 1. The van der Waals surface area contributed by atoms with E-state index in [-0.39, 0.29) is 12.3 Å². The molecule has 0 unspecified atom stereocenters. The lowest BCUT2D eigenvalue weighted by Crippen LogP contribution is -2.40. The molecule has 0 aliphatic heterocycles. The van der Waals surface area contributed by atoms with Crippen LogP contribution in [0.3, 0.4) is 0 Å². The van der Waals surface area contributed by atoms with E-state index in [1.54, 1.807) is 31.2 Å². The number of carbonyl (C=O) groups excluding carboxylic acids is 1. The molecule has 1 aliphatic rings. The molecule has 0 heterocycles. The average Bonchev–Trinajstić information content (AvgIpc) is 2.80. The number of aliphatic carboxylic acids is 1. The van der Waals surface area contributed by atoms with Gasteiger partial charge in [0.25, 0.3) is 0 Å². The molecule has 6 nitrogen and oxygen atoms in total. The molecule has 0 aromatic heterocycles. The van der Waals surface area contributed by atoms with Crippen molar-refractivity contribution in [3.05, 3.63) is 53.3 Å². The summed E-state index contributed by atoms with van der Waals surface area (Å²) in [5.74, 6) is -1.10. The number of carboxylic acids is 1. The first-order valence-corrected chi connectivity index (χ1v) is 12.8. The molecule has 7 heteroatoms. The molecule has 1 aliphatic carbocycles. The minimum atomic E-state index is -1.44. The lowest BCUT2D eigenvalue weighted by Gasteiger charge is -2.38. The Bertz CT molecular complexity index is 1080. The van der Waals surface area contributed by atoms with Gasteiger partial charge in [-0.15, -0.1) is 0 Å². The standard InChI is InChI=1S/C29H39FN2O4/c1-19(2)18-32(22-9-7-6-8-10-22)26-14-13-23(36-29(4,5)28(34)35)17-25(26)31-27(33)16-21-12-11-20(3)15-24(21)30/h11-15,17,19,22H,6-10,16,18H2,1-5H3,(H,31,33)(H,34,35). The van der Waals surface area contributed by atoms with Gasteiger partial charge in [-0.05, 0) is 68.9 Å². The van der Waals surface area contributed by atoms with E-state index in [4.69, 9.17) is 4.74 Å². The van der Waals surface area contributed by atoms with Gasteiger partial charge in [-0.2, -0.15) is 0 Å². The Morgan fingerprint density at radius 1 is 1.14 bits per heavy atom. The van der Waals surface area contributed by atoms with Gasteiger partial charge < -0.3 is 20.1 Å². The number of hydrogen-bond acceptors (Lipinski definition) is 4. The highest BCUT2D eigenvalue weighted by Crippen LogP contribution is 2.36. The topological polar surface area (TPSA) is 78.9 Å². The van der Waals surface area contributed by atoms with E-state index in [1.165, 1.54) is 39.2 Å². The van der Waals surface area contributed by atoms with E-state index < -0.39 is 17.4 Å². The molecule has 2 aromatic carbocycles. The van der Waals surface area contributed by atoms with Crippen LogP contribution >= 0.6 is 0 Å². The maximum Gasteiger partial charge on any atom is 0.347 e. The molecule has 0 spiro atoms. The minimum Gasteiger partial charge on any atom is -0.478 e. The van der Waals surface area contributed by atoms with Crippen molar-refractivity contribution >= 4 is 23.3 Å². The number of benzene rings is 2. The molecule has 0 bridgehead atoms. The Morgan fingerprint density at radius 3 is 2.44 bits per heavy atom. The van der Waals surface area contributed by atoms with Gasteiger partial charge >= 0.3 is 5.97 Å². The van der Waals surface area contributed by atoms with Crippen LogP contribution in [0, 0.1) is 18.7 Å². The first-order valence-electron chi connectivity index (χ1n) is 12.8. The Morgan fingerprint density at radius 2 is 1.83 bits per heavy atom. The second-order valence-electron chi connectivity index (χ2n) is 10.8. The van der Waals surface area contributed by atoms with Crippen molar-refractivity contribution < 1.29 is 23.8 Å². The van der Waals surface area contributed by atoms with E-state index in [1.807, 2.05) is 6.07 Å². The van der Waals surface area contributed by atoms with Crippen molar-refractivity contribution in [3.8, 4) is 5.75 Å². The SMILES string of the molecule is Cc1ccc(CC(=O)Nc2cc(OC(C)(C)C(=O)O)ccc2N(CC(C)C)C2CCCCC2)c(F)c1. The third-order valence-corrected chi connectivity index (χ3v) is 6.58. The third-order valence-electron chi connectivity index (χ3n) is 6.58. The number of rotatable bonds is 10. The maximum atomic E-state index is 14.4. The van der Waals surface area contributed by atoms with E-state index >= 15 is 0 Å². The quantitative estimate of drug-likeness (QED) is 0.399. The lowest BCUT2D eigenvalue weighted by molar-refractivity contribution is -0.152. The van der Waals surface area contributed by atoms with Gasteiger partial charge in [-0.3, -0.25) is 4.79 Å². The number of hydrogen-bond donors (Lipinski definition) is 2. The monoisotopic (exact) mass is 498 g/mol. The largest absolute Gasteiger partial charge is 0.478 e. The molecule has 36 heavy (non-hydrogen) atoms. The zero-order chi connectivity index (χ0) is 26.5. The Balaban J connectivity index is 1.96. The smallest absolute Gasteiger partial charge is 0.347 e. The summed E-state index contributed by atoms with van der Waals surface area (Å²) < 4.78 is 20.2. The summed E-state index contributed by atoms with van der Waals surface area (Å²) in [5.41, 5.74) is 1.09. The van der Waals surface area contributed by atoms with Crippen LogP contribution in [0.5, 0.6) is 5.75 Å². The van der Waals surface area contributed by atoms with Crippen LogP contribution in [-0.2, 0) is 16.0 Å². The second kappa shape index (κ2) is 11.8. The van der Waals surface area contributed by atoms with E-state index in [9.17, 15) is 19.1 Å². The second-order valence-corrected chi connectivity index (χ2v) is 10.8. The molecule has 1 saturated carbocycles. The van der Waals surface area contributed by atoms with Crippen LogP contribution in [0.25, 0.3) is 0 Å². The Labute approximate surface area is 213 Å². The fourth-order valence-corrected chi connectivity index (χ4v) is 4.66. The Kier molecular flexibility index (Phi) is 8.98. The highest BCUT2D eigenvalue weighted by Gasteiger charge is 2.30. The fraction of sp³-hybridized carbons (Fsp3) is 0.517. The molecule has 2 N–H and O–H groups in total. The van der Waals surface area contributed by atoms with Crippen LogP contribution in [0.1, 0.15) is 70.9 Å². The predicted molar refractivity (Wildman–Crippen MR) is 141 cm³/mol. The first kappa shape index (κ1) is 27.5. The highest BCUT2D eigenvalue weighted by molar-refractivity contribution is 5.96. The number of amides is 1. The van der Waals surface area contributed by atoms with Crippen molar-refractivity contribution in [3.63, 3.8) is 0 Å². The van der Waals surface area contributed by atoms with Crippen molar-refractivity contribution in [2.75, 3.05) is 16.8 Å². The summed E-state index contributed by atoms with van der Waals surface area (Å²) in [6.45, 7) is 9.92. The first-order chi connectivity index (χ1) is 17.0. The summed E-state index contributed by atoms with van der Waals surface area (Å²) >= 11 is 0. The number of carbonyl (C=O) groups is 2. The number of nitrogens with one attached hydrogen (secondary N) is 1. The van der Waals surface area contributed by atoms with Crippen molar-refractivity contribution in [2.24, 2.45) is 5.92 Å². The number of ether oxygens (including phenoxy) is 1. The molecular formula is C29H39FN2O4. The summed E-state index contributed by atoms with van der Waals surface area (Å²) in [6.07, 6.45) is 5.63. The Hall–Kier alpha value is -3.09. The summed E-state index contributed by atoms with van der Waals surface area (Å²) in [4.78, 5) is 27.0. The van der Waals surface area contributed by atoms with Gasteiger partial charge in [-0.25, -0.2) is 9.18 Å². The van der Waals surface area contributed by atoms with Gasteiger partial charge in [0.2, 0.25) is 5.91 Å². The predicted octanol–water partition coefficient (Wildman–Crippen LogP) is 6.35. The maximum absolute atomic E-state index is 14.4. The normalized spacial score (nSPS) is 14.5. The molecule has 0 atom stereocenters. The van der Waals surface area contributed by atoms with E-state index in [0.29, 0.717) is 29.0 Å². The average molecular weight is 499 g/mol. The van der Waals surface area contributed by atoms with Crippen molar-refractivity contribution in [1.82, 2.24) is 0 Å². The zero-order valence-electron chi connectivity index (χ0n) is 22.1. The van der Waals surface area contributed by atoms with Crippen molar-refractivity contribution in [1.29, 1.82) is 0 Å². The van der Waals surface area contributed by atoms with Crippen LogP contribution in [0.4, 0.5) is 15.8 Å². The molecule has 196 valence electrons. The fourth-order valence-electron chi connectivity index (χ4n) is 4.66. The number of halogens is 1.